The lowest BCUT2D eigenvalue weighted by Gasteiger charge is -2.37. The van der Waals surface area contributed by atoms with Crippen LogP contribution in [-0.4, -0.2) is 65.4 Å². The van der Waals surface area contributed by atoms with E-state index in [1.165, 1.54) is 28.6 Å². The first-order chi connectivity index (χ1) is 15.9. The smallest absolute Gasteiger partial charge is 0.283 e. The minimum Gasteiger partial charge on any atom is -0.369 e. The molecule has 33 heavy (non-hydrogen) atoms. The Hall–Kier alpha value is -2.84. The molecule has 3 aromatic rings. The van der Waals surface area contributed by atoms with Crippen molar-refractivity contribution in [1.82, 2.24) is 19.8 Å². The third-order valence-corrected chi connectivity index (χ3v) is 7.28. The van der Waals surface area contributed by atoms with Crippen LogP contribution in [0.5, 0.6) is 0 Å². The second kappa shape index (κ2) is 10.4. The van der Waals surface area contributed by atoms with Crippen LogP contribution < -0.4 is 15.8 Å². The number of rotatable bonds is 7. The molecule has 0 bridgehead atoms. The first-order valence-corrected chi connectivity index (χ1v) is 12.3. The maximum absolute atomic E-state index is 12.5. The molecule has 8 heteroatoms. The first-order valence-electron chi connectivity index (χ1n) is 11.3. The summed E-state index contributed by atoms with van der Waals surface area (Å²) < 4.78 is 1.58. The fourth-order valence-corrected chi connectivity index (χ4v) is 4.97. The van der Waals surface area contributed by atoms with Gasteiger partial charge in [0, 0.05) is 52.0 Å². The molecule has 1 amide bonds. The van der Waals surface area contributed by atoms with E-state index in [4.69, 9.17) is 0 Å². The summed E-state index contributed by atoms with van der Waals surface area (Å²) in [7, 11) is 1.73. The Morgan fingerprint density at radius 1 is 1.06 bits per heavy atom. The lowest BCUT2D eigenvalue weighted by Crippen LogP contribution is -2.48. The monoisotopic (exact) mass is 465 g/mol. The zero-order valence-corrected chi connectivity index (χ0v) is 20.3. The van der Waals surface area contributed by atoms with Gasteiger partial charge in [-0.15, -0.1) is 0 Å². The van der Waals surface area contributed by atoms with Crippen LogP contribution in [0.3, 0.4) is 0 Å². The van der Waals surface area contributed by atoms with Crippen LogP contribution in [0.2, 0.25) is 0 Å². The molecule has 0 atom stereocenters. The van der Waals surface area contributed by atoms with E-state index in [1.807, 2.05) is 24.3 Å². The fourth-order valence-electron chi connectivity index (χ4n) is 4.18. The number of hydrogen-bond donors (Lipinski definition) is 1. The Kier molecular flexibility index (Phi) is 7.35. The van der Waals surface area contributed by atoms with E-state index in [-0.39, 0.29) is 17.2 Å². The number of fused-ring (bicyclic) bond motifs is 1. The molecule has 1 aliphatic heterocycles. The molecule has 1 saturated heterocycles. The standard InChI is InChI=1S/C25H31N5O2S/c1-18-7-6-10-21(19(18)2)30-15-13-29(14-16-30)12-11-26-23(31)17-33-24-25(32)28(3)22-9-5-4-8-20(22)27-24/h4-10H,11-17H2,1-3H3,(H,26,31). The van der Waals surface area contributed by atoms with E-state index in [0.717, 1.165) is 43.8 Å². The lowest BCUT2D eigenvalue weighted by molar-refractivity contribution is -0.118. The van der Waals surface area contributed by atoms with Crippen molar-refractivity contribution in [2.24, 2.45) is 7.05 Å². The van der Waals surface area contributed by atoms with Gasteiger partial charge in [-0.3, -0.25) is 14.5 Å². The predicted molar refractivity (Wildman–Crippen MR) is 135 cm³/mol. The molecule has 1 fully saturated rings. The topological polar surface area (TPSA) is 70.5 Å². The number of carbonyl (C=O) groups excluding carboxylic acids is 1. The second-order valence-corrected chi connectivity index (χ2v) is 9.42. The van der Waals surface area contributed by atoms with Crippen molar-refractivity contribution in [2.75, 3.05) is 49.9 Å². The molecule has 0 aliphatic carbocycles. The molecule has 4 rings (SSSR count). The average Bonchev–Trinajstić information content (AvgIpc) is 2.83. The van der Waals surface area contributed by atoms with Gasteiger partial charge in [-0.1, -0.05) is 36.0 Å². The third-order valence-electron chi connectivity index (χ3n) is 6.33. The number of thioether (sulfide) groups is 1. The molecule has 1 N–H and O–H groups in total. The molecular weight excluding hydrogens is 434 g/mol. The van der Waals surface area contributed by atoms with Gasteiger partial charge in [0.1, 0.15) is 0 Å². The molecule has 0 unspecified atom stereocenters. The zero-order chi connectivity index (χ0) is 23.4. The van der Waals surface area contributed by atoms with Crippen LogP contribution in [0, 0.1) is 13.8 Å². The van der Waals surface area contributed by atoms with Crippen molar-refractivity contribution in [3.05, 3.63) is 63.9 Å². The zero-order valence-electron chi connectivity index (χ0n) is 19.5. The number of amides is 1. The Morgan fingerprint density at radius 3 is 2.61 bits per heavy atom. The van der Waals surface area contributed by atoms with Gasteiger partial charge >= 0.3 is 0 Å². The van der Waals surface area contributed by atoms with E-state index < -0.39 is 0 Å². The SMILES string of the molecule is Cc1cccc(N2CCN(CCNC(=O)CSc3nc4ccccc4n(C)c3=O)CC2)c1C. The normalized spacial score (nSPS) is 14.6. The van der Waals surface area contributed by atoms with Crippen molar-refractivity contribution in [1.29, 1.82) is 0 Å². The largest absolute Gasteiger partial charge is 0.369 e. The molecule has 1 aliphatic rings. The number of para-hydroxylation sites is 2. The Bertz CT molecular complexity index is 1200. The summed E-state index contributed by atoms with van der Waals surface area (Å²) in [5.74, 6) is 0.104. The number of benzene rings is 2. The number of aromatic nitrogens is 2. The van der Waals surface area contributed by atoms with E-state index in [9.17, 15) is 9.59 Å². The van der Waals surface area contributed by atoms with E-state index in [1.54, 1.807) is 11.6 Å². The van der Waals surface area contributed by atoms with Crippen molar-refractivity contribution in [2.45, 2.75) is 18.9 Å². The van der Waals surface area contributed by atoms with Crippen molar-refractivity contribution in [3.63, 3.8) is 0 Å². The molecule has 2 heterocycles. The average molecular weight is 466 g/mol. The summed E-state index contributed by atoms with van der Waals surface area (Å²) in [5.41, 5.74) is 5.37. The Morgan fingerprint density at radius 2 is 1.82 bits per heavy atom. The highest BCUT2D eigenvalue weighted by Gasteiger charge is 2.19. The van der Waals surface area contributed by atoms with Crippen LogP contribution in [0.25, 0.3) is 11.0 Å². The third kappa shape index (κ3) is 5.39. The first kappa shape index (κ1) is 23.3. The molecule has 0 saturated carbocycles. The van der Waals surface area contributed by atoms with Gasteiger partial charge in [0.15, 0.2) is 5.03 Å². The van der Waals surface area contributed by atoms with Gasteiger partial charge in [0.05, 0.1) is 16.8 Å². The molecule has 1 aromatic heterocycles. The summed E-state index contributed by atoms with van der Waals surface area (Å²) in [4.78, 5) is 34.1. The van der Waals surface area contributed by atoms with Gasteiger partial charge in [0.2, 0.25) is 5.91 Å². The number of carbonyl (C=O) groups is 1. The Labute approximate surface area is 198 Å². The van der Waals surface area contributed by atoms with Crippen LogP contribution in [-0.2, 0) is 11.8 Å². The van der Waals surface area contributed by atoms with Crippen LogP contribution in [0.15, 0.2) is 52.3 Å². The Balaban J connectivity index is 1.22. The quantitative estimate of drug-likeness (QED) is 0.541. The van der Waals surface area contributed by atoms with Gasteiger partial charge < -0.3 is 14.8 Å². The summed E-state index contributed by atoms with van der Waals surface area (Å²) >= 11 is 1.19. The number of piperazine rings is 1. The van der Waals surface area contributed by atoms with Crippen LogP contribution >= 0.6 is 11.8 Å². The summed E-state index contributed by atoms with van der Waals surface area (Å²) in [5, 5.41) is 3.33. The maximum Gasteiger partial charge on any atom is 0.283 e. The summed E-state index contributed by atoms with van der Waals surface area (Å²) in [6, 6.07) is 14.0. The van der Waals surface area contributed by atoms with Gasteiger partial charge in [-0.2, -0.15) is 0 Å². The minimum atomic E-state index is -0.173. The van der Waals surface area contributed by atoms with Gasteiger partial charge in [-0.05, 0) is 43.2 Å². The number of anilines is 1. The fraction of sp³-hybridized carbons (Fsp3) is 0.400. The molecule has 2 aromatic carbocycles. The second-order valence-electron chi connectivity index (χ2n) is 8.46. The van der Waals surface area contributed by atoms with E-state index >= 15 is 0 Å². The maximum atomic E-state index is 12.5. The van der Waals surface area contributed by atoms with E-state index in [0.29, 0.717) is 11.6 Å². The minimum absolute atomic E-state index is 0.0777. The molecule has 0 spiro atoms. The molecular formula is C25H31N5O2S. The number of nitrogens with one attached hydrogen (secondary N) is 1. The highest BCUT2D eigenvalue weighted by molar-refractivity contribution is 7.99. The summed E-state index contributed by atoms with van der Waals surface area (Å²) in [6.07, 6.45) is 0. The van der Waals surface area contributed by atoms with Gasteiger partial charge in [0.25, 0.3) is 5.56 Å². The number of hydrogen-bond acceptors (Lipinski definition) is 6. The molecule has 174 valence electrons. The molecule has 0 radical (unpaired) electrons. The molecule has 7 nitrogen and oxygen atoms in total. The summed E-state index contributed by atoms with van der Waals surface area (Å²) in [6.45, 7) is 9.72. The van der Waals surface area contributed by atoms with Crippen molar-refractivity contribution in [3.8, 4) is 0 Å². The number of aryl methyl sites for hydroxylation is 2. The van der Waals surface area contributed by atoms with Crippen molar-refractivity contribution < 1.29 is 4.79 Å². The highest BCUT2D eigenvalue weighted by Crippen LogP contribution is 2.23. The lowest BCUT2D eigenvalue weighted by atomic mass is 10.1. The van der Waals surface area contributed by atoms with E-state index in [2.05, 4.69) is 52.1 Å². The van der Waals surface area contributed by atoms with Crippen molar-refractivity contribution >= 4 is 34.4 Å². The van der Waals surface area contributed by atoms with Crippen LogP contribution in [0.4, 0.5) is 5.69 Å². The number of nitrogens with zero attached hydrogens (tertiary/aromatic N) is 4. The predicted octanol–water partition coefficient (Wildman–Crippen LogP) is 2.58. The highest BCUT2D eigenvalue weighted by atomic mass is 32.2. The van der Waals surface area contributed by atoms with Crippen LogP contribution in [0.1, 0.15) is 11.1 Å². The van der Waals surface area contributed by atoms with Gasteiger partial charge in [-0.25, -0.2) is 4.98 Å².